The smallest absolute Gasteiger partial charge is 0.283 e. The van der Waals surface area contributed by atoms with E-state index < -0.39 is 20.5 Å². The number of alkyl halides is 1. The molecule has 4 bridgehead atoms. The summed E-state index contributed by atoms with van der Waals surface area (Å²) in [6.07, 6.45) is 5.17. The first-order valence-corrected chi connectivity index (χ1v) is 8.39. The minimum atomic E-state index is -4.64. The van der Waals surface area contributed by atoms with Crippen LogP contribution in [-0.2, 0) is 10.1 Å². The van der Waals surface area contributed by atoms with Crippen molar-refractivity contribution in [2.45, 2.75) is 56.9 Å². The Morgan fingerprint density at radius 3 is 1.83 bits per heavy atom. The van der Waals surface area contributed by atoms with E-state index in [4.69, 9.17) is 0 Å². The molecule has 0 heterocycles. The quantitative estimate of drug-likeness (QED) is 0.806. The lowest BCUT2D eigenvalue weighted by Gasteiger charge is -2.60. The van der Waals surface area contributed by atoms with E-state index in [1.807, 2.05) is 0 Å². The van der Waals surface area contributed by atoms with Gasteiger partial charge in [0, 0.05) is 5.41 Å². The molecule has 0 aliphatic heterocycles. The Bertz CT molecular complexity index is 424. The third-order valence-corrected chi connectivity index (χ3v) is 7.23. The first-order valence-electron chi connectivity index (χ1n) is 6.95. The van der Waals surface area contributed by atoms with E-state index in [-0.39, 0.29) is 6.42 Å². The zero-order valence-corrected chi connectivity index (χ0v) is 11.5. The maximum absolute atomic E-state index is 15.1. The average molecular weight is 276 g/mol. The van der Waals surface area contributed by atoms with Crippen LogP contribution in [0.2, 0.25) is 0 Å². The van der Waals surface area contributed by atoms with Gasteiger partial charge in [0.2, 0.25) is 5.00 Å². The molecule has 0 aromatic rings. The third-order valence-electron chi connectivity index (χ3n) is 5.69. The molecule has 0 aromatic heterocycles. The van der Waals surface area contributed by atoms with E-state index >= 15 is 4.39 Å². The molecule has 0 radical (unpaired) electrons. The van der Waals surface area contributed by atoms with Crippen LogP contribution in [0.15, 0.2) is 0 Å². The van der Waals surface area contributed by atoms with Gasteiger partial charge in [-0.25, -0.2) is 4.39 Å². The average Bonchev–Trinajstić information content (AvgIpc) is 2.24. The lowest BCUT2D eigenvalue weighted by molar-refractivity contribution is -0.114. The van der Waals surface area contributed by atoms with Crippen LogP contribution in [0.25, 0.3) is 0 Å². The van der Waals surface area contributed by atoms with E-state index in [0.29, 0.717) is 37.0 Å². The Hall–Kier alpha value is -0.160. The molecular weight excluding hydrogens is 255 g/mol. The highest BCUT2D eigenvalue weighted by Crippen LogP contribution is 2.66. The molecule has 3 nitrogen and oxygen atoms in total. The molecule has 18 heavy (non-hydrogen) atoms. The Morgan fingerprint density at radius 1 is 1.17 bits per heavy atom. The van der Waals surface area contributed by atoms with Gasteiger partial charge < -0.3 is 0 Å². The minimum absolute atomic E-state index is 0.141. The van der Waals surface area contributed by atoms with E-state index in [1.54, 1.807) is 0 Å². The van der Waals surface area contributed by atoms with Crippen LogP contribution in [0.3, 0.4) is 0 Å². The summed E-state index contributed by atoms with van der Waals surface area (Å²) in [6.45, 7) is 1.53. The van der Waals surface area contributed by atoms with Gasteiger partial charge in [0.15, 0.2) is 0 Å². The van der Waals surface area contributed by atoms with Gasteiger partial charge in [-0.2, -0.15) is 8.42 Å². The maximum Gasteiger partial charge on any atom is 0.300 e. The van der Waals surface area contributed by atoms with Gasteiger partial charge in [0.25, 0.3) is 0 Å². The summed E-state index contributed by atoms with van der Waals surface area (Å²) in [5, 5.41) is -2.43. The second-order valence-corrected chi connectivity index (χ2v) is 8.35. The molecule has 4 aliphatic carbocycles. The Balaban J connectivity index is 2.05. The highest BCUT2D eigenvalue weighted by atomic mass is 32.2. The number of halogens is 1. The summed E-state index contributed by atoms with van der Waals surface area (Å²) in [4.78, 5) is 0. The normalized spacial score (nSPS) is 46.1. The first-order chi connectivity index (χ1) is 8.30. The molecular formula is C13H21FO3S. The molecule has 0 amide bonds. The van der Waals surface area contributed by atoms with Gasteiger partial charge >= 0.3 is 10.1 Å². The standard InChI is InChI=1S/C13H21FO3S/c1-2-13(14,18(15,16)17)12-6-9-3-10(7-12)5-11(4-9)8-12/h9-11H,2-8H2,1H3,(H,15,16,17). The van der Waals surface area contributed by atoms with Crippen LogP contribution >= 0.6 is 0 Å². The van der Waals surface area contributed by atoms with Crippen LogP contribution < -0.4 is 0 Å². The predicted molar refractivity (Wildman–Crippen MR) is 66.3 cm³/mol. The van der Waals surface area contributed by atoms with Gasteiger partial charge in [-0.05, 0) is 62.7 Å². The molecule has 4 aliphatic rings. The van der Waals surface area contributed by atoms with Crippen molar-refractivity contribution >= 4 is 10.1 Å². The van der Waals surface area contributed by atoms with Gasteiger partial charge in [-0.15, -0.1) is 0 Å². The van der Waals surface area contributed by atoms with Crippen molar-refractivity contribution in [3.8, 4) is 0 Å². The minimum Gasteiger partial charge on any atom is -0.283 e. The highest BCUT2D eigenvalue weighted by molar-refractivity contribution is 7.87. The van der Waals surface area contributed by atoms with E-state index in [2.05, 4.69) is 0 Å². The zero-order valence-electron chi connectivity index (χ0n) is 10.7. The monoisotopic (exact) mass is 276 g/mol. The Kier molecular flexibility index (Phi) is 2.63. The van der Waals surface area contributed by atoms with Gasteiger partial charge in [-0.3, -0.25) is 4.55 Å². The summed E-state index contributed by atoms with van der Waals surface area (Å²) in [6, 6.07) is 0. The molecule has 4 rings (SSSR count). The van der Waals surface area contributed by atoms with Gasteiger partial charge in [0.1, 0.15) is 0 Å². The first kappa shape index (κ1) is 12.9. The largest absolute Gasteiger partial charge is 0.300 e. The molecule has 0 saturated heterocycles. The summed E-state index contributed by atoms with van der Waals surface area (Å²) in [5.41, 5.74) is -0.815. The molecule has 0 spiro atoms. The predicted octanol–water partition coefficient (Wildman–Crippen LogP) is 3.17. The van der Waals surface area contributed by atoms with Crippen molar-refractivity contribution in [3.63, 3.8) is 0 Å². The van der Waals surface area contributed by atoms with Crippen molar-refractivity contribution in [1.29, 1.82) is 0 Å². The summed E-state index contributed by atoms with van der Waals surface area (Å²) in [5.74, 6) is 1.42. The second kappa shape index (κ2) is 3.69. The number of hydrogen-bond donors (Lipinski definition) is 1. The molecule has 0 aromatic carbocycles. The summed E-state index contributed by atoms with van der Waals surface area (Å²) >= 11 is 0. The van der Waals surface area contributed by atoms with Crippen LogP contribution in [0.1, 0.15) is 51.9 Å². The fourth-order valence-electron chi connectivity index (χ4n) is 5.40. The van der Waals surface area contributed by atoms with Crippen molar-refractivity contribution in [2.24, 2.45) is 23.2 Å². The van der Waals surface area contributed by atoms with Crippen molar-refractivity contribution in [3.05, 3.63) is 0 Å². The van der Waals surface area contributed by atoms with Crippen LogP contribution in [-0.4, -0.2) is 18.0 Å². The van der Waals surface area contributed by atoms with E-state index in [1.165, 1.54) is 6.92 Å². The van der Waals surface area contributed by atoms with Gasteiger partial charge in [-0.1, -0.05) is 6.92 Å². The highest BCUT2D eigenvalue weighted by Gasteiger charge is 2.65. The van der Waals surface area contributed by atoms with Crippen molar-refractivity contribution < 1.29 is 17.4 Å². The fourth-order valence-corrected chi connectivity index (χ4v) is 6.56. The van der Waals surface area contributed by atoms with Gasteiger partial charge in [0.05, 0.1) is 0 Å². The molecule has 1 unspecified atom stereocenters. The zero-order chi connectivity index (χ0) is 13.2. The molecule has 4 fully saturated rings. The second-order valence-electron chi connectivity index (χ2n) is 6.75. The van der Waals surface area contributed by atoms with Crippen LogP contribution in [0, 0.1) is 23.2 Å². The number of rotatable bonds is 3. The van der Waals surface area contributed by atoms with E-state index in [0.717, 1.165) is 19.3 Å². The van der Waals surface area contributed by atoms with Crippen LogP contribution in [0.5, 0.6) is 0 Å². The number of hydrogen-bond acceptors (Lipinski definition) is 2. The lowest BCUT2D eigenvalue weighted by atomic mass is 9.48. The van der Waals surface area contributed by atoms with E-state index in [9.17, 15) is 13.0 Å². The summed E-state index contributed by atoms with van der Waals surface area (Å²) < 4.78 is 47.7. The Morgan fingerprint density at radius 2 is 1.56 bits per heavy atom. The molecule has 5 heteroatoms. The van der Waals surface area contributed by atoms with Crippen molar-refractivity contribution in [2.75, 3.05) is 0 Å². The summed E-state index contributed by atoms with van der Waals surface area (Å²) in [7, 11) is -4.64. The van der Waals surface area contributed by atoms with Crippen LogP contribution in [0.4, 0.5) is 4.39 Å². The molecule has 104 valence electrons. The lowest BCUT2D eigenvalue weighted by Crippen LogP contribution is -2.59. The topological polar surface area (TPSA) is 54.4 Å². The molecule has 4 saturated carbocycles. The molecule has 1 N–H and O–H groups in total. The fraction of sp³-hybridized carbons (Fsp3) is 1.00. The third kappa shape index (κ3) is 1.52. The van der Waals surface area contributed by atoms with Crippen molar-refractivity contribution in [1.82, 2.24) is 0 Å². The molecule has 1 atom stereocenters. The Labute approximate surface area is 108 Å². The SMILES string of the molecule is CCC(F)(C12CC3CC(CC(C3)C1)C2)S(=O)(=O)O. The maximum atomic E-state index is 15.1.